The molecule has 82 valence electrons. The zero-order chi connectivity index (χ0) is 10.6. The third kappa shape index (κ3) is 2.98. The zero-order valence-corrected chi connectivity index (χ0v) is 9.33. The van der Waals surface area contributed by atoms with Gasteiger partial charge in [-0.1, -0.05) is 19.8 Å². The molecule has 1 aliphatic rings. The number of piperidine rings is 1. The Morgan fingerprint density at radius 3 is 2.50 bits per heavy atom. The highest BCUT2D eigenvalue weighted by molar-refractivity contribution is 5.81. The first-order chi connectivity index (χ1) is 6.65. The van der Waals surface area contributed by atoms with Gasteiger partial charge in [-0.05, 0) is 25.7 Å². The maximum Gasteiger partial charge on any atom is 0.239 e. The molecule has 0 spiro atoms. The Hall–Kier alpha value is -0.570. The fourth-order valence-electron chi connectivity index (χ4n) is 2.14. The van der Waals surface area contributed by atoms with Crippen LogP contribution in [0, 0.1) is 5.92 Å². The van der Waals surface area contributed by atoms with E-state index < -0.39 is 0 Å². The van der Waals surface area contributed by atoms with Gasteiger partial charge in [-0.15, -0.1) is 0 Å². The van der Waals surface area contributed by atoms with E-state index in [1.165, 1.54) is 12.8 Å². The van der Waals surface area contributed by atoms with Gasteiger partial charge >= 0.3 is 0 Å². The van der Waals surface area contributed by atoms with Gasteiger partial charge in [-0.25, -0.2) is 0 Å². The molecule has 0 aliphatic carbocycles. The van der Waals surface area contributed by atoms with Gasteiger partial charge in [0.1, 0.15) is 0 Å². The van der Waals surface area contributed by atoms with Gasteiger partial charge in [0, 0.05) is 13.1 Å². The minimum absolute atomic E-state index is 0.111. The summed E-state index contributed by atoms with van der Waals surface area (Å²) < 4.78 is 0. The minimum atomic E-state index is -0.335. The lowest BCUT2D eigenvalue weighted by molar-refractivity contribution is -0.133. The number of rotatable bonds is 3. The van der Waals surface area contributed by atoms with Crippen LogP contribution in [0.15, 0.2) is 0 Å². The molecule has 0 aromatic carbocycles. The van der Waals surface area contributed by atoms with Gasteiger partial charge in [0.2, 0.25) is 5.91 Å². The Balaban J connectivity index is 2.32. The number of hydrogen-bond donors (Lipinski definition) is 1. The lowest BCUT2D eigenvalue weighted by atomic mass is 9.92. The predicted molar refractivity (Wildman–Crippen MR) is 57.9 cm³/mol. The molecule has 3 nitrogen and oxygen atoms in total. The summed E-state index contributed by atoms with van der Waals surface area (Å²) in [5.74, 6) is 0.942. The number of carbonyl (C=O) groups is 1. The summed E-state index contributed by atoms with van der Waals surface area (Å²) in [4.78, 5) is 13.5. The fourth-order valence-corrected chi connectivity index (χ4v) is 2.14. The molecule has 14 heavy (non-hydrogen) atoms. The van der Waals surface area contributed by atoms with Crippen molar-refractivity contribution < 1.29 is 4.79 Å². The van der Waals surface area contributed by atoms with Gasteiger partial charge in [-0.2, -0.15) is 0 Å². The molecule has 1 aliphatic heterocycles. The molecule has 0 aromatic rings. The van der Waals surface area contributed by atoms with E-state index >= 15 is 0 Å². The summed E-state index contributed by atoms with van der Waals surface area (Å²) in [6.07, 6.45) is 4.88. The highest BCUT2D eigenvalue weighted by Gasteiger charge is 2.23. The van der Waals surface area contributed by atoms with Gasteiger partial charge in [-0.3, -0.25) is 4.79 Å². The molecule has 1 fully saturated rings. The minimum Gasteiger partial charge on any atom is -0.341 e. The molecular weight excluding hydrogens is 176 g/mol. The molecule has 1 rings (SSSR count). The first-order valence-corrected chi connectivity index (χ1v) is 5.69. The second kappa shape index (κ2) is 5.35. The molecule has 3 heteroatoms. The van der Waals surface area contributed by atoms with Crippen LogP contribution in [0.25, 0.3) is 0 Å². The number of nitrogens with two attached hydrogens (primary N) is 1. The molecular formula is C11H22N2O. The summed E-state index contributed by atoms with van der Waals surface area (Å²) in [6, 6.07) is -0.335. The number of hydrogen-bond acceptors (Lipinski definition) is 2. The van der Waals surface area contributed by atoms with Crippen molar-refractivity contribution in [3.63, 3.8) is 0 Å². The van der Waals surface area contributed by atoms with Crippen LogP contribution in [0.1, 0.15) is 39.5 Å². The number of amides is 1. The summed E-state index contributed by atoms with van der Waals surface area (Å²) >= 11 is 0. The maximum atomic E-state index is 11.6. The summed E-state index contributed by atoms with van der Waals surface area (Å²) in [6.45, 7) is 5.80. The monoisotopic (exact) mass is 198 g/mol. The van der Waals surface area contributed by atoms with E-state index in [-0.39, 0.29) is 11.9 Å². The average Bonchev–Trinajstić information content (AvgIpc) is 2.18. The highest BCUT2D eigenvalue weighted by atomic mass is 16.2. The van der Waals surface area contributed by atoms with Crippen LogP contribution in [0.3, 0.4) is 0 Å². The first-order valence-electron chi connectivity index (χ1n) is 5.69. The second-order valence-electron chi connectivity index (χ2n) is 4.35. The van der Waals surface area contributed by atoms with E-state index in [0.717, 1.165) is 31.8 Å². The van der Waals surface area contributed by atoms with Crippen molar-refractivity contribution >= 4 is 5.91 Å². The highest BCUT2D eigenvalue weighted by Crippen LogP contribution is 2.21. The quantitative estimate of drug-likeness (QED) is 0.744. The van der Waals surface area contributed by atoms with Gasteiger partial charge in [0.25, 0.3) is 0 Å². The van der Waals surface area contributed by atoms with Crippen LogP contribution < -0.4 is 5.73 Å². The molecule has 1 amide bonds. The van der Waals surface area contributed by atoms with Crippen LogP contribution in [-0.2, 0) is 4.79 Å². The molecule has 0 radical (unpaired) electrons. The Morgan fingerprint density at radius 2 is 2.07 bits per heavy atom. The van der Waals surface area contributed by atoms with Crippen LogP contribution >= 0.6 is 0 Å². The molecule has 1 heterocycles. The van der Waals surface area contributed by atoms with Crippen LogP contribution in [0.4, 0.5) is 0 Å². The summed E-state index contributed by atoms with van der Waals surface area (Å²) in [7, 11) is 0. The van der Waals surface area contributed by atoms with Crippen molar-refractivity contribution in [2.24, 2.45) is 11.7 Å². The lowest BCUT2D eigenvalue weighted by Crippen LogP contribution is -2.45. The third-order valence-electron chi connectivity index (χ3n) is 3.01. The fraction of sp³-hybridized carbons (Fsp3) is 0.909. The number of likely N-dealkylation sites (tertiary alicyclic amines) is 1. The Morgan fingerprint density at radius 1 is 1.50 bits per heavy atom. The van der Waals surface area contributed by atoms with Gasteiger partial charge < -0.3 is 10.6 Å². The zero-order valence-electron chi connectivity index (χ0n) is 9.33. The number of nitrogens with zero attached hydrogens (tertiary/aromatic N) is 1. The van der Waals surface area contributed by atoms with Crippen molar-refractivity contribution in [1.29, 1.82) is 0 Å². The molecule has 0 aromatic heterocycles. The molecule has 1 saturated heterocycles. The SMILES string of the molecule is CCCC1CCN(C(=O)[C@@H](C)N)CC1. The van der Waals surface area contributed by atoms with E-state index in [9.17, 15) is 4.79 Å². The van der Waals surface area contributed by atoms with Crippen molar-refractivity contribution in [1.82, 2.24) is 4.90 Å². The molecule has 1 atom stereocenters. The van der Waals surface area contributed by atoms with Crippen LogP contribution in [-0.4, -0.2) is 29.9 Å². The first kappa shape index (κ1) is 11.5. The maximum absolute atomic E-state index is 11.6. The van der Waals surface area contributed by atoms with Crippen molar-refractivity contribution in [2.45, 2.75) is 45.6 Å². The average molecular weight is 198 g/mol. The Kier molecular flexibility index (Phi) is 4.39. The predicted octanol–water partition coefficient (Wildman–Crippen LogP) is 1.37. The Bertz CT molecular complexity index is 184. The topological polar surface area (TPSA) is 46.3 Å². The van der Waals surface area contributed by atoms with Crippen molar-refractivity contribution in [3.05, 3.63) is 0 Å². The van der Waals surface area contributed by atoms with Gasteiger partial charge in [0.15, 0.2) is 0 Å². The van der Waals surface area contributed by atoms with E-state index in [1.807, 2.05) is 4.90 Å². The van der Waals surface area contributed by atoms with Crippen molar-refractivity contribution in [3.8, 4) is 0 Å². The number of carbonyl (C=O) groups excluding carboxylic acids is 1. The normalized spacial score (nSPS) is 20.9. The van der Waals surface area contributed by atoms with Crippen molar-refractivity contribution in [2.75, 3.05) is 13.1 Å². The molecule has 0 bridgehead atoms. The van der Waals surface area contributed by atoms with E-state index in [4.69, 9.17) is 5.73 Å². The largest absolute Gasteiger partial charge is 0.341 e. The van der Waals surface area contributed by atoms with Crippen LogP contribution in [0.5, 0.6) is 0 Å². The standard InChI is InChI=1S/C11H22N2O/c1-3-4-10-5-7-13(8-6-10)11(14)9(2)12/h9-10H,3-8,12H2,1-2H3/t9-/m1/s1. The van der Waals surface area contributed by atoms with E-state index in [2.05, 4.69) is 6.92 Å². The molecule has 0 unspecified atom stereocenters. The Labute approximate surface area is 86.6 Å². The lowest BCUT2D eigenvalue weighted by Gasteiger charge is -2.32. The van der Waals surface area contributed by atoms with E-state index in [0.29, 0.717) is 0 Å². The van der Waals surface area contributed by atoms with Crippen LogP contribution in [0.2, 0.25) is 0 Å². The second-order valence-corrected chi connectivity index (χ2v) is 4.35. The molecule has 0 saturated carbocycles. The van der Waals surface area contributed by atoms with Gasteiger partial charge in [0.05, 0.1) is 6.04 Å². The smallest absolute Gasteiger partial charge is 0.239 e. The third-order valence-corrected chi connectivity index (χ3v) is 3.01. The molecule has 2 N–H and O–H groups in total. The summed E-state index contributed by atoms with van der Waals surface area (Å²) in [5.41, 5.74) is 5.57. The van der Waals surface area contributed by atoms with E-state index in [1.54, 1.807) is 6.92 Å². The summed E-state index contributed by atoms with van der Waals surface area (Å²) in [5, 5.41) is 0.